The number of carbonyl (C=O) groups is 1. The van der Waals surface area contributed by atoms with E-state index in [-0.39, 0.29) is 17.9 Å². The minimum Gasteiger partial charge on any atom is -0.300 e. The summed E-state index contributed by atoms with van der Waals surface area (Å²) in [6, 6.07) is 7.14. The van der Waals surface area contributed by atoms with Crippen LogP contribution < -0.4 is 0 Å². The van der Waals surface area contributed by atoms with Crippen molar-refractivity contribution >= 4 is 5.78 Å². The number of hydrogen-bond donors (Lipinski definition) is 0. The Balaban J connectivity index is 2.11. The van der Waals surface area contributed by atoms with E-state index < -0.39 is 0 Å². The third-order valence-corrected chi connectivity index (χ3v) is 3.59. The average Bonchev–Trinajstić information content (AvgIpc) is 2.29. The molecular weight excluding hydrogens is 217 g/mol. The molecule has 0 spiro atoms. The number of hydrogen-bond acceptors (Lipinski definition) is 2. The first-order valence-corrected chi connectivity index (χ1v) is 6.11. The lowest BCUT2D eigenvalue weighted by atomic mass is 9.97. The first kappa shape index (κ1) is 12.2. The molecule has 2 rings (SSSR count). The zero-order valence-corrected chi connectivity index (χ0v) is 10.3. The minimum atomic E-state index is -0.206. The van der Waals surface area contributed by atoms with Gasteiger partial charge in [0.05, 0.1) is 0 Å². The van der Waals surface area contributed by atoms with Crippen LogP contribution in [0.15, 0.2) is 24.3 Å². The Hall–Kier alpha value is -1.22. The van der Waals surface area contributed by atoms with E-state index in [1.165, 1.54) is 12.1 Å². The molecule has 1 aromatic carbocycles. The Morgan fingerprint density at radius 1 is 1.35 bits per heavy atom. The van der Waals surface area contributed by atoms with Crippen molar-refractivity contribution in [2.24, 2.45) is 0 Å². The van der Waals surface area contributed by atoms with E-state index in [1.807, 2.05) is 12.1 Å². The van der Waals surface area contributed by atoms with Crippen molar-refractivity contribution in [2.45, 2.75) is 38.8 Å². The number of rotatable bonds is 2. The van der Waals surface area contributed by atoms with Gasteiger partial charge in [-0.05, 0) is 31.5 Å². The maximum absolute atomic E-state index is 12.9. The maximum atomic E-state index is 12.9. The molecule has 1 aliphatic rings. The van der Waals surface area contributed by atoms with Gasteiger partial charge in [0, 0.05) is 31.5 Å². The molecule has 2 atom stereocenters. The van der Waals surface area contributed by atoms with Crippen LogP contribution in [0.5, 0.6) is 0 Å². The van der Waals surface area contributed by atoms with E-state index in [0.717, 1.165) is 12.1 Å². The van der Waals surface area contributed by atoms with Crippen LogP contribution >= 0.6 is 0 Å². The molecule has 0 radical (unpaired) electrons. The van der Waals surface area contributed by atoms with Crippen molar-refractivity contribution in [1.29, 1.82) is 0 Å². The van der Waals surface area contributed by atoms with Gasteiger partial charge in [-0.25, -0.2) is 4.39 Å². The third-order valence-electron chi connectivity index (χ3n) is 3.59. The highest BCUT2D eigenvalue weighted by Gasteiger charge is 2.27. The SMILES string of the molecule is CC1CC(=O)CCN1C(C)c1ccc(F)cc1. The number of carbonyl (C=O) groups excluding carboxylic acids is 1. The predicted octanol–water partition coefficient (Wildman–Crippen LogP) is 2.94. The Kier molecular flexibility index (Phi) is 3.57. The quantitative estimate of drug-likeness (QED) is 0.785. The third kappa shape index (κ3) is 2.72. The summed E-state index contributed by atoms with van der Waals surface area (Å²) in [5.41, 5.74) is 1.10. The second kappa shape index (κ2) is 4.96. The lowest BCUT2D eigenvalue weighted by Crippen LogP contribution is -2.42. The number of Topliss-reactive ketones (excluding diaryl/α,β-unsaturated/α-hetero) is 1. The van der Waals surface area contributed by atoms with Crippen LogP contribution in [-0.4, -0.2) is 23.3 Å². The summed E-state index contributed by atoms with van der Waals surface area (Å²) in [4.78, 5) is 13.7. The number of benzene rings is 1. The maximum Gasteiger partial charge on any atom is 0.135 e. The molecule has 0 bridgehead atoms. The molecule has 1 saturated heterocycles. The summed E-state index contributed by atoms with van der Waals surface area (Å²) < 4.78 is 12.9. The van der Waals surface area contributed by atoms with Gasteiger partial charge in [-0.15, -0.1) is 0 Å². The molecule has 1 aliphatic heterocycles. The highest BCUT2D eigenvalue weighted by atomic mass is 19.1. The van der Waals surface area contributed by atoms with E-state index in [2.05, 4.69) is 18.7 Å². The van der Waals surface area contributed by atoms with Gasteiger partial charge >= 0.3 is 0 Å². The fourth-order valence-corrected chi connectivity index (χ4v) is 2.53. The molecule has 1 heterocycles. The summed E-state index contributed by atoms with van der Waals surface area (Å²) in [5, 5.41) is 0. The summed E-state index contributed by atoms with van der Waals surface area (Å²) in [7, 11) is 0. The molecule has 0 amide bonds. The molecule has 0 aliphatic carbocycles. The molecule has 0 aromatic heterocycles. The molecule has 2 nitrogen and oxygen atoms in total. The van der Waals surface area contributed by atoms with Crippen molar-refractivity contribution < 1.29 is 9.18 Å². The van der Waals surface area contributed by atoms with E-state index in [0.29, 0.717) is 18.6 Å². The van der Waals surface area contributed by atoms with Gasteiger partial charge in [-0.3, -0.25) is 9.69 Å². The minimum absolute atomic E-state index is 0.206. The second-order valence-corrected chi connectivity index (χ2v) is 4.81. The summed E-state index contributed by atoms with van der Waals surface area (Å²) >= 11 is 0. The number of halogens is 1. The van der Waals surface area contributed by atoms with Crippen molar-refractivity contribution in [1.82, 2.24) is 4.90 Å². The van der Waals surface area contributed by atoms with Crippen LogP contribution in [0, 0.1) is 5.82 Å². The van der Waals surface area contributed by atoms with E-state index in [4.69, 9.17) is 0 Å². The van der Waals surface area contributed by atoms with Crippen molar-refractivity contribution in [3.8, 4) is 0 Å². The monoisotopic (exact) mass is 235 g/mol. The molecule has 17 heavy (non-hydrogen) atoms. The fourth-order valence-electron chi connectivity index (χ4n) is 2.53. The zero-order chi connectivity index (χ0) is 12.4. The Labute approximate surface area is 101 Å². The molecule has 0 saturated carbocycles. The Morgan fingerprint density at radius 3 is 2.59 bits per heavy atom. The first-order valence-electron chi connectivity index (χ1n) is 6.11. The Morgan fingerprint density at radius 2 is 2.00 bits per heavy atom. The first-order chi connectivity index (χ1) is 8.08. The smallest absolute Gasteiger partial charge is 0.135 e. The summed E-state index contributed by atoms with van der Waals surface area (Å²) in [6.45, 7) is 5.00. The molecule has 92 valence electrons. The predicted molar refractivity (Wildman–Crippen MR) is 65.2 cm³/mol. The van der Waals surface area contributed by atoms with Gasteiger partial charge in [0.15, 0.2) is 0 Å². The number of piperidine rings is 1. The number of likely N-dealkylation sites (tertiary alicyclic amines) is 1. The van der Waals surface area contributed by atoms with E-state index in [1.54, 1.807) is 0 Å². The molecule has 1 fully saturated rings. The molecular formula is C14H18FNO. The van der Waals surface area contributed by atoms with Crippen molar-refractivity contribution in [2.75, 3.05) is 6.54 Å². The van der Waals surface area contributed by atoms with Crippen LogP contribution in [0.3, 0.4) is 0 Å². The number of ketones is 1. The second-order valence-electron chi connectivity index (χ2n) is 4.81. The van der Waals surface area contributed by atoms with Crippen LogP contribution in [-0.2, 0) is 4.79 Å². The van der Waals surface area contributed by atoms with Crippen LogP contribution in [0.25, 0.3) is 0 Å². The van der Waals surface area contributed by atoms with E-state index >= 15 is 0 Å². The van der Waals surface area contributed by atoms with Crippen LogP contribution in [0.4, 0.5) is 4.39 Å². The van der Waals surface area contributed by atoms with Gasteiger partial charge < -0.3 is 0 Å². The van der Waals surface area contributed by atoms with Gasteiger partial charge in [0.25, 0.3) is 0 Å². The van der Waals surface area contributed by atoms with Gasteiger partial charge in [-0.1, -0.05) is 12.1 Å². The summed E-state index contributed by atoms with van der Waals surface area (Å²) in [5.74, 6) is 0.142. The van der Waals surface area contributed by atoms with E-state index in [9.17, 15) is 9.18 Å². The summed E-state index contributed by atoms with van der Waals surface area (Å²) in [6.07, 6.45) is 1.27. The van der Waals surface area contributed by atoms with Gasteiger partial charge in [0.1, 0.15) is 11.6 Å². The van der Waals surface area contributed by atoms with Crippen molar-refractivity contribution in [3.05, 3.63) is 35.6 Å². The largest absolute Gasteiger partial charge is 0.300 e. The van der Waals surface area contributed by atoms with Crippen molar-refractivity contribution in [3.63, 3.8) is 0 Å². The average molecular weight is 235 g/mol. The molecule has 2 unspecified atom stereocenters. The standard InChI is InChI=1S/C14H18FNO/c1-10-9-14(17)7-8-16(10)11(2)12-3-5-13(15)6-4-12/h3-6,10-11H,7-9H2,1-2H3. The lowest BCUT2D eigenvalue weighted by Gasteiger charge is -2.37. The van der Waals surface area contributed by atoms with Gasteiger partial charge in [0.2, 0.25) is 0 Å². The van der Waals surface area contributed by atoms with Crippen LogP contribution in [0.2, 0.25) is 0 Å². The fraction of sp³-hybridized carbons (Fsp3) is 0.500. The number of nitrogens with zero attached hydrogens (tertiary/aromatic N) is 1. The zero-order valence-electron chi connectivity index (χ0n) is 10.3. The molecule has 1 aromatic rings. The molecule has 3 heteroatoms. The van der Waals surface area contributed by atoms with Crippen LogP contribution in [0.1, 0.15) is 38.3 Å². The Bertz CT molecular complexity index is 401. The topological polar surface area (TPSA) is 20.3 Å². The molecule has 0 N–H and O–H groups in total. The normalized spacial score (nSPS) is 23.7. The highest BCUT2D eigenvalue weighted by molar-refractivity contribution is 5.79. The highest BCUT2D eigenvalue weighted by Crippen LogP contribution is 2.26. The lowest BCUT2D eigenvalue weighted by molar-refractivity contribution is -0.123. The van der Waals surface area contributed by atoms with Gasteiger partial charge in [-0.2, -0.15) is 0 Å².